The third-order valence-corrected chi connectivity index (χ3v) is 6.34. The lowest BCUT2D eigenvalue weighted by atomic mass is 10.1. The normalized spacial score (nSPS) is 16.3. The minimum absolute atomic E-state index is 0.0819. The molecule has 2 aromatic rings. The van der Waals surface area contributed by atoms with E-state index in [0.29, 0.717) is 38.2 Å². The van der Waals surface area contributed by atoms with Gasteiger partial charge in [0.2, 0.25) is 5.91 Å². The predicted octanol–water partition coefficient (Wildman–Crippen LogP) is 2.23. The number of rotatable bonds is 6. The second-order valence-corrected chi connectivity index (χ2v) is 8.29. The number of aromatic nitrogens is 2. The number of fused-ring (bicyclic) bond motifs is 1. The number of methoxy groups -OCH3 is 1. The lowest BCUT2D eigenvalue weighted by molar-refractivity contribution is -0.135. The van der Waals surface area contributed by atoms with E-state index in [0.717, 1.165) is 31.4 Å². The molecule has 0 aromatic carbocycles. The summed E-state index contributed by atoms with van der Waals surface area (Å²) in [5.74, 6) is -0.0786. The molecule has 4 rings (SSSR count). The van der Waals surface area contributed by atoms with Gasteiger partial charge in [-0.05, 0) is 25.0 Å². The van der Waals surface area contributed by atoms with Gasteiger partial charge in [0.25, 0.3) is 5.56 Å². The molecule has 0 bridgehead atoms. The Balaban J connectivity index is 1.57. The third kappa shape index (κ3) is 4.69. The number of esters is 1. The van der Waals surface area contributed by atoms with Gasteiger partial charge in [-0.2, -0.15) is 0 Å². The Morgan fingerprint density at radius 2 is 1.97 bits per heavy atom. The summed E-state index contributed by atoms with van der Waals surface area (Å²) >= 11 is 0. The number of ether oxygens (including phenoxy) is 2. The van der Waals surface area contributed by atoms with Crippen LogP contribution in [0.5, 0.6) is 5.75 Å². The summed E-state index contributed by atoms with van der Waals surface area (Å²) in [5.41, 5.74) is 1.46. The summed E-state index contributed by atoms with van der Waals surface area (Å²) < 4.78 is 12.5. The van der Waals surface area contributed by atoms with Crippen LogP contribution in [0.3, 0.4) is 0 Å². The van der Waals surface area contributed by atoms with Gasteiger partial charge in [-0.1, -0.05) is 18.9 Å². The molecule has 1 saturated carbocycles. The maximum absolute atomic E-state index is 12.9. The molecule has 1 aliphatic carbocycles. The molecule has 0 atom stereocenters. The fourth-order valence-corrected chi connectivity index (χ4v) is 4.65. The molecule has 0 radical (unpaired) electrons. The van der Waals surface area contributed by atoms with E-state index < -0.39 is 5.97 Å². The van der Waals surface area contributed by atoms with E-state index in [9.17, 15) is 14.4 Å². The molecule has 1 fully saturated rings. The van der Waals surface area contributed by atoms with Crippen molar-refractivity contribution in [2.75, 3.05) is 26.8 Å². The molecule has 8 nitrogen and oxygen atoms in total. The molecule has 1 aliphatic heterocycles. The zero-order valence-corrected chi connectivity index (χ0v) is 18.4. The molecule has 0 spiro atoms. The van der Waals surface area contributed by atoms with Crippen molar-refractivity contribution in [1.29, 1.82) is 0 Å². The number of hydrogen-bond donors (Lipinski definition) is 0. The van der Waals surface area contributed by atoms with E-state index in [1.807, 2.05) is 23.1 Å². The molecule has 3 heterocycles. The first-order valence-corrected chi connectivity index (χ1v) is 11.2. The summed E-state index contributed by atoms with van der Waals surface area (Å²) in [4.78, 5) is 44.6. The van der Waals surface area contributed by atoms with E-state index in [-0.39, 0.29) is 35.3 Å². The smallest absolute Gasteiger partial charge is 0.343 e. The first-order chi connectivity index (χ1) is 15.6. The van der Waals surface area contributed by atoms with Gasteiger partial charge < -0.3 is 18.9 Å². The second-order valence-electron chi connectivity index (χ2n) is 8.29. The molecule has 2 aromatic heterocycles. The van der Waals surface area contributed by atoms with Crippen LogP contribution < -0.4 is 10.3 Å². The average Bonchev–Trinajstić information content (AvgIpc) is 3.26. The zero-order chi connectivity index (χ0) is 22.5. The van der Waals surface area contributed by atoms with Crippen LogP contribution in [-0.2, 0) is 28.9 Å². The van der Waals surface area contributed by atoms with Crippen molar-refractivity contribution in [2.24, 2.45) is 5.92 Å². The fourth-order valence-electron chi connectivity index (χ4n) is 4.65. The van der Waals surface area contributed by atoms with E-state index in [2.05, 4.69) is 4.98 Å². The van der Waals surface area contributed by atoms with Gasteiger partial charge in [0, 0.05) is 62.0 Å². The third-order valence-electron chi connectivity index (χ3n) is 6.34. The van der Waals surface area contributed by atoms with Crippen LogP contribution in [-0.4, -0.2) is 53.1 Å². The second kappa shape index (κ2) is 9.97. The van der Waals surface area contributed by atoms with E-state index in [1.54, 1.807) is 10.8 Å². The monoisotopic (exact) mass is 439 g/mol. The highest BCUT2D eigenvalue weighted by atomic mass is 16.5. The summed E-state index contributed by atoms with van der Waals surface area (Å²) in [6.07, 6.45) is 6.71. The fraction of sp³-hybridized carbons (Fsp3) is 0.500. The first-order valence-electron chi connectivity index (χ1n) is 11.2. The number of nitrogens with zero attached hydrogens (tertiary/aromatic N) is 3. The van der Waals surface area contributed by atoms with Crippen LogP contribution in [0.15, 0.2) is 35.3 Å². The van der Waals surface area contributed by atoms with E-state index in [4.69, 9.17) is 9.47 Å². The molecule has 0 N–H and O–H groups in total. The number of amides is 1. The highest BCUT2D eigenvalue weighted by molar-refractivity contribution is 5.93. The van der Waals surface area contributed by atoms with Gasteiger partial charge in [-0.25, -0.2) is 4.79 Å². The van der Waals surface area contributed by atoms with Crippen molar-refractivity contribution in [1.82, 2.24) is 14.5 Å². The number of carbonyl (C=O) groups excluding carboxylic acids is 2. The largest absolute Gasteiger partial charge is 0.492 e. The van der Waals surface area contributed by atoms with Gasteiger partial charge in [0.1, 0.15) is 11.3 Å². The molecule has 1 amide bonds. The van der Waals surface area contributed by atoms with Crippen molar-refractivity contribution in [2.45, 2.75) is 45.1 Å². The Bertz CT molecular complexity index is 1030. The van der Waals surface area contributed by atoms with E-state index >= 15 is 0 Å². The SMILES string of the molecule is COC(=O)c1c(OCCc2ccccn2)cc(=O)n2c1CCN(C(=O)C1CCCC1)CC2. The Hall–Kier alpha value is -3.16. The highest BCUT2D eigenvalue weighted by Gasteiger charge is 2.31. The summed E-state index contributed by atoms with van der Waals surface area (Å²) in [5, 5.41) is 0. The van der Waals surface area contributed by atoms with Gasteiger partial charge in [0.05, 0.1) is 13.7 Å². The zero-order valence-electron chi connectivity index (χ0n) is 18.4. The van der Waals surface area contributed by atoms with Gasteiger partial charge in [-0.15, -0.1) is 0 Å². The maximum atomic E-state index is 12.9. The van der Waals surface area contributed by atoms with E-state index in [1.165, 1.54) is 13.2 Å². The van der Waals surface area contributed by atoms with Gasteiger partial charge >= 0.3 is 5.97 Å². The summed E-state index contributed by atoms with van der Waals surface area (Å²) in [6.45, 7) is 1.56. The van der Waals surface area contributed by atoms with Crippen LogP contribution in [0.1, 0.15) is 47.4 Å². The van der Waals surface area contributed by atoms with Crippen LogP contribution in [0.2, 0.25) is 0 Å². The van der Waals surface area contributed by atoms with Gasteiger partial charge in [-0.3, -0.25) is 14.6 Å². The highest BCUT2D eigenvalue weighted by Crippen LogP contribution is 2.28. The Kier molecular flexibility index (Phi) is 6.87. The molecule has 8 heteroatoms. The van der Waals surface area contributed by atoms with Crippen molar-refractivity contribution < 1.29 is 19.1 Å². The maximum Gasteiger partial charge on any atom is 0.343 e. The number of carbonyl (C=O) groups is 2. The lowest BCUT2D eigenvalue weighted by Gasteiger charge is -2.23. The summed E-state index contributed by atoms with van der Waals surface area (Å²) in [6, 6.07) is 6.98. The summed E-state index contributed by atoms with van der Waals surface area (Å²) in [7, 11) is 1.31. The number of hydrogen-bond acceptors (Lipinski definition) is 6. The molecule has 170 valence electrons. The molecular formula is C24H29N3O5. The minimum Gasteiger partial charge on any atom is -0.492 e. The van der Waals surface area contributed by atoms with Crippen molar-refractivity contribution >= 4 is 11.9 Å². The van der Waals surface area contributed by atoms with Crippen LogP contribution in [0.4, 0.5) is 0 Å². The minimum atomic E-state index is -0.544. The molecule has 2 aliphatic rings. The van der Waals surface area contributed by atoms with Crippen LogP contribution in [0, 0.1) is 5.92 Å². The van der Waals surface area contributed by atoms with Crippen molar-refractivity contribution in [3.63, 3.8) is 0 Å². The number of pyridine rings is 2. The van der Waals surface area contributed by atoms with Crippen molar-refractivity contribution in [3.8, 4) is 5.75 Å². The molecule has 0 unspecified atom stereocenters. The standard InChI is InChI=1S/C24H29N3O5/c1-31-24(30)22-19-9-12-26(23(29)17-6-2-3-7-17)13-14-27(19)21(28)16-20(22)32-15-10-18-8-4-5-11-25-18/h4-5,8,11,16-17H,2-3,6-7,9-10,12-15H2,1H3. The lowest BCUT2D eigenvalue weighted by Crippen LogP contribution is -2.37. The van der Waals surface area contributed by atoms with Gasteiger partial charge in [0.15, 0.2) is 0 Å². The molecule has 0 saturated heterocycles. The molecular weight excluding hydrogens is 410 g/mol. The quantitative estimate of drug-likeness (QED) is 0.641. The van der Waals surface area contributed by atoms with Crippen molar-refractivity contribution in [3.05, 3.63) is 57.8 Å². The molecule has 32 heavy (non-hydrogen) atoms. The first kappa shape index (κ1) is 22.0. The Morgan fingerprint density at radius 3 is 2.69 bits per heavy atom. The topological polar surface area (TPSA) is 90.7 Å². The Labute approximate surface area is 187 Å². The van der Waals surface area contributed by atoms with Crippen LogP contribution >= 0.6 is 0 Å². The average molecular weight is 440 g/mol. The predicted molar refractivity (Wildman–Crippen MR) is 118 cm³/mol. The Morgan fingerprint density at radius 1 is 1.16 bits per heavy atom. The van der Waals surface area contributed by atoms with Crippen LogP contribution in [0.25, 0.3) is 0 Å².